The molecule has 0 saturated carbocycles. The Morgan fingerprint density at radius 1 is 1.40 bits per heavy atom. The van der Waals surface area contributed by atoms with Crippen molar-refractivity contribution >= 4 is 5.97 Å². The second-order valence-electron chi connectivity index (χ2n) is 3.03. The predicted molar refractivity (Wildman–Crippen MR) is 57.1 cm³/mol. The summed E-state index contributed by atoms with van der Waals surface area (Å²) in [4.78, 5) is 11.3. The number of hydrogen-bond donors (Lipinski definition) is 1. The van der Waals surface area contributed by atoms with Gasteiger partial charge in [0.05, 0.1) is 12.2 Å². The van der Waals surface area contributed by atoms with Gasteiger partial charge in [0.2, 0.25) is 0 Å². The fourth-order valence-corrected chi connectivity index (χ4v) is 1.09. The molecule has 1 rings (SSSR count). The first kappa shape index (κ1) is 11.5. The van der Waals surface area contributed by atoms with E-state index in [1.807, 2.05) is 30.3 Å². The molecule has 0 aromatic heterocycles. The number of allylic oxidation sites excluding steroid dienone is 1. The third-order valence-corrected chi connectivity index (χ3v) is 1.99. The summed E-state index contributed by atoms with van der Waals surface area (Å²) in [6.07, 6.45) is 1.55. The first-order valence-corrected chi connectivity index (χ1v) is 4.75. The molecule has 3 heteroatoms. The van der Waals surface area contributed by atoms with Crippen LogP contribution in [0.15, 0.2) is 42.0 Å². The van der Waals surface area contributed by atoms with Crippen LogP contribution in [0.1, 0.15) is 12.5 Å². The van der Waals surface area contributed by atoms with Crippen molar-refractivity contribution in [2.24, 2.45) is 0 Å². The molecule has 0 amide bonds. The Kier molecular flexibility index (Phi) is 4.57. The van der Waals surface area contributed by atoms with Crippen LogP contribution in [0.2, 0.25) is 0 Å². The highest BCUT2D eigenvalue weighted by Gasteiger charge is 2.08. The third kappa shape index (κ3) is 3.56. The summed E-state index contributed by atoms with van der Waals surface area (Å²) in [5.41, 5.74) is 1.21. The van der Waals surface area contributed by atoms with Gasteiger partial charge in [-0.15, -0.1) is 0 Å². The molecule has 0 aliphatic rings. The smallest absolute Gasteiger partial charge is 0.336 e. The molecule has 1 aromatic carbocycles. The Bertz CT molecular complexity index is 341. The summed E-state index contributed by atoms with van der Waals surface area (Å²) < 4.78 is 5.00. The van der Waals surface area contributed by atoms with E-state index in [0.717, 1.165) is 5.56 Å². The second kappa shape index (κ2) is 5.98. The fourth-order valence-electron chi connectivity index (χ4n) is 1.09. The van der Waals surface area contributed by atoms with E-state index >= 15 is 0 Å². The molecule has 0 spiro atoms. The number of esters is 1. The SMILES string of the molecule is C/C=C(\CO)C(=O)OCc1ccccc1. The van der Waals surface area contributed by atoms with Gasteiger partial charge in [-0.2, -0.15) is 0 Å². The fraction of sp³-hybridized carbons (Fsp3) is 0.250. The molecular weight excluding hydrogens is 192 g/mol. The van der Waals surface area contributed by atoms with Crippen molar-refractivity contribution in [3.8, 4) is 0 Å². The Hall–Kier alpha value is -1.61. The van der Waals surface area contributed by atoms with Crippen molar-refractivity contribution in [3.05, 3.63) is 47.5 Å². The second-order valence-corrected chi connectivity index (χ2v) is 3.03. The third-order valence-electron chi connectivity index (χ3n) is 1.99. The molecule has 0 heterocycles. The first-order chi connectivity index (χ1) is 7.27. The van der Waals surface area contributed by atoms with Crippen molar-refractivity contribution in [2.45, 2.75) is 13.5 Å². The maximum atomic E-state index is 11.3. The van der Waals surface area contributed by atoms with E-state index in [1.54, 1.807) is 13.0 Å². The molecule has 0 radical (unpaired) electrons. The summed E-state index contributed by atoms with van der Waals surface area (Å²) in [6.45, 7) is 1.64. The number of carbonyl (C=O) groups is 1. The number of benzene rings is 1. The predicted octanol–water partition coefficient (Wildman–Crippen LogP) is 1.67. The van der Waals surface area contributed by atoms with Crippen LogP contribution in [-0.4, -0.2) is 17.7 Å². The molecule has 1 N–H and O–H groups in total. The highest BCUT2D eigenvalue weighted by atomic mass is 16.5. The average molecular weight is 206 g/mol. The molecule has 0 atom stereocenters. The van der Waals surface area contributed by atoms with Gasteiger partial charge in [0.1, 0.15) is 6.61 Å². The minimum atomic E-state index is -0.469. The van der Waals surface area contributed by atoms with Crippen LogP contribution < -0.4 is 0 Å². The molecule has 0 unspecified atom stereocenters. The zero-order valence-corrected chi connectivity index (χ0v) is 8.64. The number of aliphatic hydroxyl groups is 1. The molecule has 15 heavy (non-hydrogen) atoms. The average Bonchev–Trinajstić information content (AvgIpc) is 2.29. The molecule has 80 valence electrons. The van der Waals surface area contributed by atoms with Crippen molar-refractivity contribution in [3.63, 3.8) is 0 Å². The standard InChI is InChI=1S/C12H14O3/c1-2-11(8-13)12(14)15-9-10-6-4-3-5-7-10/h2-7,13H,8-9H2,1H3/b11-2+. The van der Waals surface area contributed by atoms with E-state index < -0.39 is 5.97 Å². The molecule has 0 aliphatic carbocycles. The maximum Gasteiger partial charge on any atom is 0.336 e. The van der Waals surface area contributed by atoms with Crippen molar-refractivity contribution in [1.29, 1.82) is 0 Å². The molecule has 0 bridgehead atoms. The lowest BCUT2D eigenvalue weighted by atomic mass is 10.2. The van der Waals surface area contributed by atoms with Gasteiger partial charge in [-0.05, 0) is 12.5 Å². The Morgan fingerprint density at radius 3 is 2.60 bits per heavy atom. The van der Waals surface area contributed by atoms with Gasteiger partial charge in [-0.25, -0.2) is 4.79 Å². The highest BCUT2D eigenvalue weighted by molar-refractivity contribution is 5.88. The Balaban J connectivity index is 2.48. The van der Waals surface area contributed by atoms with Gasteiger partial charge >= 0.3 is 5.97 Å². The monoisotopic (exact) mass is 206 g/mol. The van der Waals surface area contributed by atoms with Gasteiger partial charge in [0.15, 0.2) is 0 Å². The van der Waals surface area contributed by atoms with E-state index in [0.29, 0.717) is 0 Å². The van der Waals surface area contributed by atoms with Gasteiger partial charge in [0.25, 0.3) is 0 Å². The summed E-state index contributed by atoms with van der Waals surface area (Å²) in [7, 11) is 0. The quantitative estimate of drug-likeness (QED) is 0.602. The Labute approximate surface area is 89.0 Å². The van der Waals surface area contributed by atoms with E-state index in [9.17, 15) is 4.79 Å². The van der Waals surface area contributed by atoms with E-state index in [2.05, 4.69) is 0 Å². The highest BCUT2D eigenvalue weighted by Crippen LogP contribution is 2.03. The van der Waals surface area contributed by atoms with Gasteiger partial charge in [-0.1, -0.05) is 36.4 Å². The van der Waals surface area contributed by atoms with Crippen molar-refractivity contribution in [2.75, 3.05) is 6.61 Å². The number of aliphatic hydroxyl groups excluding tert-OH is 1. The summed E-state index contributed by atoms with van der Waals surface area (Å²) >= 11 is 0. The lowest BCUT2D eigenvalue weighted by molar-refractivity contribution is -0.140. The minimum absolute atomic E-state index is 0.233. The zero-order chi connectivity index (χ0) is 11.1. The topological polar surface area (TPSA) is 46.5 Å². The first-order valence-electron chi connectivity index (χ1n) is 4.75. The van der Waals surface area contributed by atoms with Crippen LogP contribution in [0.4, 0.5) is 0 Å². The van der Waals surface area contributed by atoms with Crippen LogP contribution in [0, 0.1) is 0 Å². The molecular formula is C12H14O3. The summed E-state index contributed by atoms with van der Waals surface area (Å²) in [6, 6.07) is 9.41. The lowest BCUT2D eigenvalue weighted by Crippen LogP contribution is -2.10. The normalized spacial score (nSPS) is 11.2. The molecule has 3 nitrogen and oxygen atoms in total. The van der Waals surface area contributed by atoms with Crippen molar-refractivity contribution < 1.29 is 14.6 Å². The van der Waals surface area contributed by atoms with Crippen LogP contribution >= 0.6 is 0 Å². The van der Waals surface area contributed by atoms with E-state index in [4.69, 9.17) is 9.84 Å². The minimum Gasteiger partial charge on any atom is -0.457 e. The van der Waals surface area contributed by atoms with Crippen LogP contribution in [0.25, 0.3) is 0 Å². The summed E-state index contributed by atoms with van der Waals surface area (Å²) in [5, 5.41) is 8.82. The number of carbonyl (C=O) groups excluding carboxylic acids is 1. The van der Waals surface area contributed by atoms with Gasteiger partial charge in [-0.3, -0.25) is 0 Å². The van der Waals surface area contributed by atoms with Gasteiger partial charge < -0.3 is 9.84 Å². The lowest BCUT2D eigenvalue weighted by Gasteiger charge is -2.05. The zero-order valence-electron chi connectivity index (χ0n) is 8.64. The maximum absolute atomic E-state index is 11.3. The molecule has 0 aliphatic heterocycles. The Morgan fingerprint density at radius 2 is 2.07 bits per heavy atom. The molecule has 0 fully saturated rings. The number of rotatable bonds is 4. The number of ether oxygens (including phenoxy) is 1. The van der Waals surface area contributed by atoms with Crippen molar-refractivity contribution in [1.82, 2.24) is 0 Å². The van der Waals surface area contributed by atoms with Crippen LogP contribution in [0.3, 0.4) is 0 Å². The van der Waals surface area contributed by atoms with Crippen LogP contribution in [0.5, 0.6) is 0 Å². The van der Waals surface area contributed by atoms with E-state index in [1.165, 1.54) is 0 Å². The number of hydrogen-bond acceptors (Lipinski definition) is 3. The summed E-state index contributed by atoms with van der Waals surface area (Å²) in [5.74, 6) is -0.469. The van der Waals surface area contributed by atoms with Gasteiger partial charge in [0, 0.05) is 0 Å². The molecule has 1 aromatic rings. The van der Waals surface area contributed by atoms with E-state index in [-0.39, 0.29) is 18.8 Å². The molecule has 0 saturated heterocycles. The largest absolute Gasteiger partial charge is 0.457 e. The van der Waals surface area contributed by atoms with Crippen LogP contribution in [-0.2, 0) is 16.1 Å².